The van der Waals surface area contributed by atoms with Gasteiger partial charge in [0.2, 0.25) is 0 Å². The first-order valence-electron chi connectivity index (χ1n) is 7.98. The van der Waals surface area contributed by atoms with Gasteiger partial charge in [-0.15, -0.1) is 0 Å². The van der Waals surface area contributed by atoms with E-state index in [9.17, 15) is 0 Å². The van der Waals surface area contributed by atoms with Crippen molar-refractivity contribution in [1.29, 1.82) is 0 Å². The monoisotopic (exact) mass is 252 g/mol. The van der Waals surface area contributed by atoms with Crippen LogP contribution in [-0.2, 0) is 4.74 Å². The molecule has 2 saturated heterocycles. The van der Waals surface area contributed by atoms with Crippen LogP contribution in [0.15, 0.2) is 0 Å². The minimum absolute atomic E-state index is 0.600. The lowest BCUT2D eigenvalue weighted by molar-refractivity contribution is 0.0407. The van der Waals surface area contributed by atoms with E-state index in [0.717, 1.165) is 31.7 Å². The van der Waals surface area contributed by atoms with E-state index >= 15 is 0 Å². The SMILES string of the molecule is C1CCC2C(C1)CCCN2CCC1COCCN1. The molecular formula is C15H28N2O. The van der Waals surface area contributed by atoms with E-state index in [1.165, 1.54) is 58.0 Å². The van der Waals surface area contributed by atoms with Crippen LogP contribution in [0.2, 0.25) is 0 Å². The first-order valence-corrected chi connectivity index (χ1v) is 7.98. The zero-order chi connectivity index (χ0) is 12.2. The molecule has 0 aromatic heterocycles. The van der Waals surface area contributed by atoms with Crippen molar-refractivity contribution in [2.45, 2.75) is 57.0 Å². The number of hydrogen-bond donors (Lipinski definition) is 1. The van der Waals surface area contributed by atoms with E-state index < -0.39 is 0 Å². The average Bonchev–Trinajstić information content (AvgIpc) is 2.46. The number of nitrogens with one attached hydrogen (secondary N) is 1. The zero-order valence-electron chi connectivity index (χ0n) is 11.6. The number of likely N-dealkylation sites (tertiary alicyclic amines) is 1. The quantitative estimate of drug-likeness (QED) is 0.831. The van der Waals surface area contributed by atoms with Gasteiger partial charge in [-0.05, 0) is 44.6 Å². The molecule has 3 aliphatic rings. The summed E-state index contributed by atoms with van der Waals surface area (Å²) in [6.45, 7) is 5.47. The Bertz CT molecular complexity index is 251. The molecule has 0 radical (unpaired) electrons. The molecule has 3 atom stereocenters. The third kappa shape index (κ3) is 3.06. The molecule has 1 aliphatic carbocycles. The summed E-state index contributed by atoms with van der Waals surface area (Å²) < 4.78 is 5.55. The molecule has 2 heterocycles. The highest BCUT2D eigenvalue weighted by atomic mass is 16.5. The maximum atomic E-state index is 5.55. The lowest BCUT2D eigenvalue weighted by atomic mass is 9.78. The Labute approximate surface area is 111 Å². The van der Waals surface area contributed by atoms with Crippen LogP contribution in [0.4, 0.5) is 0 Å². The molecule has 2 aliphatic heterocycles. The van der Waals surface area contributed by atoms with Gasteiger partial charge in [0, 0.05) is 25.2 Å². The number of hydrogen-bond acceptors (Lipinski definition) is 3. The summed E-state index contributed by atoms with van der Waals surface area (Å²) in [6.07, 6.45) is 10.1. The second-order valence-corrected chi connectivity index (χ2v) is 6.30. The Morgan fingerprint density at radius 2 is 2.00 bits per heavy atom. The Morgan fingerprint density at radius 3 is 2.89 bits per heavy atom. The van der Waals surface area contributed by atoms with E-state index in [-0.39, 0.29) is 0 Å². The molecule has 3 rings (SSSR count). The average molecular weight is 252 g/mol. The molecule has 0 spiro atoms. The molecule has 3 nitrogen and oxygen atoms in total. The number of fused-ring (bicyclic) bond motifs is 1. The minimum Gasteiger partial charge on any atom is -0.379 e. The van der Waals surface area contributed by atoms with Crippen molar-refractivity contribution in [3.05, 3.63) is 0 Å². The molecule has 0 amide bonds. The van der Waals surface area contributed by atoms with Gasteiger partial charge >= 0.3 is 0 Å². The minimum atomic E-state index is 0.600. The predicted molar refractivity (Wildman–Crippen MR) is 73.8 cm³/mol. The largest absolute Gasteiger partial charge is 0.379 e. The molecule has 0 aromatic rings. The third-order valence-electron chi connectivity index (χ3n) is 5.12. The van der Waals surface area contributed by atoms with Gasteiger partial charge in [-0.25, -0.2) is 0 Å². The fraction of sp³-hybridized carbons (Fsp3) is 1.00. The summed E-state index contributed by atoms with van der Waals surface area (Å²) in [6, 6.07) is 1.51. The molecule has 0 bridgehead atoms. The van der Waals surface area contributed by atoms with Crippen LogP contribution in [0.25, 0.3) is 0 Å². The van der Waals surface area contributed by atoms with Crippen molar-refractivity contribution in [2.24, 2.45) is 5.92 Å². The lowest BCUT2D eigenvalue weighted by Crippen LogP contribution is -2.49. The van der Waals surface area contributed by atoms with E-state index in [0.29, 0.717) is 6.04 Å². The van der Waals surface area contributed by atoms with Crippen molar-refractivity contribution in [3.8, 4) is 0 Å². The number of piperidine rings is 1. The van der Waals surface area contributed by atoms with Crippen molar-refractivity contribution >= 4 is 0 Å². The van der Waals surface area contributed by atoms with E-state index in [1.807, 2.05) is 0 Å². The van der Waals surface area contributed by atoms with Crippen LogP contribution in [-0.4, -0.2) is 49.8 Å². The molecule has 3 fully saturated rings. The lowest BCUT2D eigenvalue weighted by Gasteiger charge is -2.44. The first-order chi connectivity index (χ1) is 8.93. The van der Waals surface area contributed by atoms with E-state index in [2.05, 4.69) is 10.2 Å². The van der Waals surface area contributed by atoms with E-state index in [1.54, 1.807) is 0 Å². The highest BCUT2D eigenvalue weighted by Gasteiger charge is 2.33. The summed E-state index contributed by atoms with van der Waals surface area (Å²) >= 11 is 0. The highest BCUT2D eigenvalue weighted by Crippen LogP contribution is 2.35. The van der Waals surface area contributed by atoms with Gasteiger partial charge in [0.25, 0.3) is 0 Å². The van der Waals surface area contributed by atoms with Crippen LogP contribution in [0, 0.1) is 5.92 Å². The van der Waals surface area contributed by atoms with E-state index in [4.69, 9.17) is 4.74 Å². The number of rotatable bonds is 3. The number of nitrogens with zero attached hydrogens (tertiary/aromatic N) is 1. The second kappa shape index (κ2) is 6.36. The standard InChI is InChI=1S/C15H28N2O/c1-2-6-15-13(4-1)5-3-9-17(15)10-7-14-12-18-11-8-16-14/h13-16H,1-12H2. The van der Waals surface area contributed by atoms with Crippen molar-refractivity contribution in [1.82, 2.24) is 10.2 Å². The normalized spacial score (nSPS) is 38.3. The van der Waals surface area contributed by atoms with Crippen molar-refractivity contribution in [2.75, 3.05) is 32.8 Å². The van der Waals surface area contributed by atoms with Crippen LogP contribution in [0.1, 0.15) is 44.9 Å². The van der Waals surface area contributed by atoms with Crippen LogP contribution >= 0.6 is 0 Å². The van der Waals surface area contributed by atoms with Gasteiger partial charge in [-0.3, -0.25) is 0 Å². The van der Waals surface area contributed by atoms with Crippen LogP contribution < -0.4 is 5.32 Å². The Hall–Kier alpha value is -0.120. The second-order valence-electron chi connectivity index (χ2n) is 6.30. The number of ether oxygens (including phenoxy) is 1. The Kier molecular flexibility index (Phi) is 4.55. The summed E-state index contributed by atoms with van der Waals surface area (Å²) in [5.41, 5.74) is 0. The fourth-order valence-corrected chi connectivity index (χ4v) is 4.13. The molecule has 1 N–H and O–H groups in total. The van der Waals surface area contributed by atoms with Gasteiger partial charge in [0.1, 0.15) is 0 Å². The first kappa shape index (κ1) is 12.9. The summed E-state index contributed by atoms with van der Waals surface area (Å²) in [4.78, 5) is 2.80. The van der Waals surface area contributed by atoms with Gasteiger partial charge in [0.15, 0.2) is 0 Å². The fourth-order valence-electron chi connectivity index (χ4n) is 4.13. The summed E-state index contributed by atoms with van der Waals surface area (Å²) in [5, 5.41) is 3.58. The predicted octanol–water partition coefficient (Wildman–Crippen LogP) is 2.02. The van der Waals surface area contributed by atoms with Gasteiger partial charge in [-0.2, -0.15) is 0 Å². The molecule has 1 saturated carbocycles. The summed E-state index contributed by atoms with van der Waals surface area (Å²) in [5.74, 6) is 1.02. The van der Waals surface area contributed by atoms with Crippen molar-refractivity contribution in [3.63, 3.8) is 0 Å². The van der Waals surface area contributed by atoms with Crippen LogP contribution in [0.3, 0.4) is 0 Å². The molecule has 3 heteroatoms. The maximum absolute atomic E-state index is 5.55. The highest BCUT2D eigenvalue weighted by molar-refractivity contribution is 4.88. The Balaban J connectivity index is 1.48. The summed E-state index contributed by atoms with van der Waals surface area (Å²) in [7, 11) is 0. The topological polar surface area (TPSA) is 24.5 Å². The van der Waals surface area contributed by atoms with Gasteiger partial charge < -0.3 is 15.0 Å². The third-order valence-corrected chi connectivity index (χ3v) is 5.12. The molecule has 3 unspecified atom stereocenters. The number of morpholine rings is 1. The molecule has 18 heavy (non-hydrogen) atoms. The smallest absolute Gasteiger partial charge is 0.0620 e. The molecule has 0 aromatic carbocycles. The molecular weight excluding hydrogens is 224 g/mol. The Morgan fingerprint density at radius 1 is 1.11 bits per heavy atom. The molecule has 104 valence electrons. The van der Waals surface area contributed by atoms with Gasteiger partial charge in [-0.1, -0.05) is 12.8 Å². The maximum Gasteiger partial charge on any atom is 0.0620 e. The van der Waals surface area contributed by atoms with Gasteiger partial charge in [0.05, 0.1) is 13.2 Å². The zero-order valence-corrected chi connectivity index (χ0v) is 11.6. The van der Waals surface area contributed by atoms with Crippen molar-refractivity contribution < 1.29 is 4.74 Å². The van der Waals surface area contributed by atoms with Crippen LogP contribution in [0.5, 0.6) is 0 Å².